The lowest BCUT2D eigenvalue weighted by atomic mass is 10.1. The van der Waals surface area contributed by atoms with Gasteiger partial charge in [0, 0.05) is 23.8 Å². The first-order valence-corrected chi connectivity index (χ1v) is 7.14. The van der Waals surface area contributed by atoms with Crippen molar-refractivity contribution in [3.8, 4) is 11.4 Å². The second-order valence-electron chi connectivity index (χ2n) is 6.17. The number of fused-ring (bicyclic) bond motifs is 1. The predicted molar refractivity (Wildman–Crippen MR) is 85.9 cm³/mol. The van der Waals surface area contributed by atoms with E-state index in [1.807, 2.05) is 30.3 Å². The Morgan fingerprint density at radius 2 is 1.90 bits per heavy atom. The van der Waals surface area contributed by atoms with Crippen LogP contribution in [0.3, 0.4) is 0 Å². The van der Waals surface area contributed by atoms with Crippen LogP contribution in [-0.4, -0.2) is 14.5 Å². The van der Waals surface area contributed by atoms with Crippen LogP contribution in [0.5, 0.6) is 0 Å². The zero-order valence-corrected chi connectivity index (χ0v) is 12.7. The van der Waals surface area contributed by atoms with Crippen molar-refractivity contribution in [1.82, 2.24) is 14.5 Å². The molecule has 2 aromatic heterocycles. The molecule has 0 amide bonds. The van der Waals surface area contributed by atoms with Gasteiger partial charge in [-0.2, -0.15) is 0 Å². The maximum Gasteiger partial charge on any atom is 0.141 e. The van der Waals surface area contributed by atoms with Crippen molar-refractivity contribution in [2.75, 3.05) is 0 Å². The van der Waals surface area contributed by atoms with Gasteiger partial charge < -0.3 is 10.3 Å². The minimum Gasteiger partial charge on any atom is -0.325 e. The van der Waals surface area contributed by atoms with Gasteiger partial charge in [-0.1, -0.05) is 12.1 Å². The van der Waals surface area contributed by atoms with Crippen LogP contribution < -0.4 is 5.73 Å². The average Bonchev–Trinajstić information content (AvgIpc) is 2.86. The highest BCUT2D eigenvalue weighted by Gasteiger charge is 2.22. The molecule has 0 aliphatic carbocycles. The summed E-state index contributed by atoms with van der Waals surface area (Å²) in [7, 11) is 0. The van der Waals surface area contributed by atoms with Crippen LogP contribution in [0.1, 0.15) is 26.5 Å². The summed E-state index contributed by atoms with van der Waals surface area (Å²) >= 11 is 0. The average molecular weight is 280 g/mol. The molecule has 0 saturated carbocycles. The summed E-state index contributed by atoms with van der Waals surface area (Å²) in [6.07, 6.45) is 1.80. The molecule has 1 aromatic carbocycles. The monoisotopic (exact) mass is 280 g/mol. The van der Waals surface area contributed by atoms with E-state index < -0.39 is 0 Å². The fraction of sp³-hybridized carbons (Fsp3) is 0.294. The van der Waals surface area contributed by atoms with E-state index in [0.29, 0.717) is 6.54 Å². The van der Waals surface area contributed by atoms with Gasteiger partial charge >= 0.3 is 0 Å². The molecule has 2 heterocycles. The first-order valence-electron chi connectivity index (χ1n) is 7.14. The lowest BCUT2D eigenvalue weighted by molar-refractivity contribution is 0.413. The maximum absolute atomic E-state index is 5.71. The highest BCUT2D eigenvalue weighted by atomic mass is 15.1. The molecule has 0 bridgehead atoms. The summed E-state index contributed by atoms with van der Waals surface area (Å²) in [6.45, 7) is 7.00. The van der Waals surface area contributed by atoms with Crippen LogP contribution in [0.25, 0.3) is 22.4 Å². The van der Waals surface area contributed by atoms with E-state index in [1.165, 1.54) is 0 Å². The number of hydrogen-bond acceptors (Lipinski definition) is 3. The number of aromatic nitrogens is 3. The van der Waals surface area contributed by atoms with E-state index in [4.69, 9.17) is 10.7 Å². The summed E-state index contributed by atoms with van der Waals surface area (Å²) in [6, 6.07) is 12.2. The lowest BCUT2D eigenvalue weighted by Crippen LogP contribution is -2.22. The van der Waals surface area contributed by atoms with Crippen molar-refractivity contribution >= 4 is 11.0 Å². The minimum atomic E-state index is -0.0580. The molecule has 3 rings (SSSR count). The van der Waals surface area contributed by atoms with Crippen molar-refractivity contribution < 1.29 is 0 Å². The number of hydrogen-bond donors (Lipinski definition) is 1. The molecule has 0 fully saturated rings. The van der Waals surface area contributed by atoms with Crippen molar-refractivity contribution in [2.24, 2.45) is 5.73 Å². The van der Waals surface area contributed by atoms with Crippen molar-refractivity contribution in [3.05, 3.63) is 48.3 Å². The van der Waals surface area contributed by atoms with Gasteiger partial charge in [-0.3, -0.25) is 4.98 Å². The third-order valence-corrected chi connectivity index (χ3v) is 3.52. The summed E-state index contributed by atoms with van der Waals surface area (Å²) in [4.78, 5) is 9.09. The largest absolute Gasteiger partial charge is 0.325 e. The molecule has 0 atom stereocenters. The molecule has 3 aromatic rings. The van der Waals surface area contributed by atoms with E-state index in [-0.39, 0.29) is 5.54 Å². The Hall–Kier alpha value is -2.20. The number of imidazole rings is 1. The maximum atomic E-state index is 5.71. The molecule has 0 radical (unpaired) electrons. The molecular weight excluding hydrogens is 260 g/mol. The molecule has 108 valence electrons. The zero-order chi connectivity index (χ0) is 15.0. The van der Waals surface area contributed by atoms with Crippen molar-refractivity contribution in [1.29, 1.82) is 0 Å². The third kappa shape index (κ3) is 2.43. The van der Waals surface area contributed by atoms with Crippen LogP contribution in [0.2, 0.25) is 0 Å². The Kier molecular flexibility index (Phi) is 3.26. The number of rotatable bonds is 2. The number of pyridine rings is 1. The smallest absolute Gasteiger partial charge is 0.141 e. The van der Waals surface area contributed by atoms with E-state index in [0.717, 1.165) is 28.1 Å². The normalized spacial score (nSPS) is 12.0. The van der Waals surface area contributed by atoms with Gasteiger partial charge in [0.1, 0.15) is 5.82 Å². The fourth-order valence-corrected chi connectivity index (χ4v) is 2.63. The van der Waals surface area contributed by atoms with Crippen LogP contribution >= 0.6 is 0 Å². The van der Waals surface area contributed by atoms with Gasteiger partial charge in [0.05, 0.1) is 16.7 Å². The first-order chi connectivity index (χ1) is 10.0. The Bertz CT molecular complexity index is 781. The number of nitrogens with zero attached hydrogens (tertiary/aromatic N) is 3. The third-order valence-electron chi connectivity index (χ3n) is 3.52. The number of benzene rings is 1. The Morgan fingerprint density at radius 3 is 2.62 bits per heavy atom. The van der Waals surface area contributed by atoms with Crippen LogP contribution in [0, 0.1) is 0 Å². The van der Waals surface area contributed by atoms with Gasteiger partial charge in [0.25, 0.3) is 0 Å². The first kappa shape index (κ1) is 13.8. The molecule has 0 aliphatic rings. The highest BCUT2D eigenvalue weighted by molar-refractivity contribution is 5.81. The topological polar surface area (TPSA) is 56.7 Å². The molecule has 21 heavy (non-hydrogen) atoms. The van der Waals surface area contributed by atoms with Crippen molar-refractivity contribution in [2.45, 2.75) is 32.9 Å². The quantitative estimate of drug-likeness (QED) is 0.783. The highest BCUT2D eigenvalue weighted by Crippen LogP contribution is 2.31. The Morgan fingerprint density at radius 1 is 1.14 bits per heavy atom. The molecular formula is C17H20N4. The second-order valence-corrected chi connectivity index (χ2v) is 6.17. The second kappa shape index (κ2) is 4.97. The van der Waals surface area contributed by atoms with Gasteiger partial charge in [-0.25, -0.2) is 4.98 Å². The Balaban J connectivity index is 2.31. The Labute approximate surface area is 124 Å². The molecule has 4 heteroatoms. The molecule has 0 saturated heterocycles. The molecule has 2 N–H and O–H groups in total. The minimum absolute atomic E-state index is 0.0580. The van der Waals surface area contributed by atoms with E-state index in [2.05, 4.69) is 36.4 Å². The van der Waals surface area contributed by atoms with E-state index in [1.54, 1.807) is 6.20 Å². The van der Waals surface area contributed by atoms with Gasteiger partial charge in [-0.05, 0) is 45.0 Å². The summed E-state index contributed by atoms with van der Waals surface area (Å²) < 4.78 is 2.28. The number of nitrogens with two attached hydrogens (primary N) is 1. The summed E-state index contributed by atoms with van der Waals surface area (Å²) in [5, 5.41) is 0. The molecule has 0 unspecified atom stereocenters. The standard InChI is InChI=1S/C17H20N4/c1-17(2,3)21-15-7-5-4-6-14(15)20-16(21)12-8-9-19-13(10-12)11-18/h4-10H,11,18H2,1-3H3. The zero-order valence-electron chi connectivity index (χ0n) is 12.7. The van der Waals surface area contributed by atoms with Crippen LogP contribution in [0.4, 0.5) is 0 Å². The summed E-state index contributed by atoms with van der Waals surface area (Å²) in [5.74, 6) is 0.959. The van der Waals surface area contributed by atoms with E-state index in [9.17, 15) is 0 Å². The lowest BCUT2D eigenvalue weighted by Gasteiger charge is -2.24. The van der Waals surface area contributed by atoms with Crippen molar-refractivity contribution in [3.63, 3.8) is 0 Å². The van der Waals surface area contributed by atoms with Gasteiger partial charge in [-0.15, -0.1) is 0 Å². The van der Waals surface area contributed by atoms with E-state index >= 15 is 0 Å². The molecule has 0 aliphatic heterocycles. The summed E-state index contributed by atoms with van der Waals surface area (Å²) in [5.41, 5.74) is 9.73. The fourth-order valence-electron chi connectivity index (χ4n) is 2.63. The van der Waals surface area contributed by atoms with Gasteiger partial charge in [0.15, 0.2) is 0 Å². The van der Waals surface area contributed by atoms with Crippen LogP contribution in [-0.2, 0) is 12.1 Å². The van der Waals surface area contributed by atoms with Gasteiger partial charge in [0.2, 0.25) is 0 Å². The molecule has 0 spiro atoms. The number of para-hydroxylation sites is 2. The predicted octanol–water partition coefficient (Wildman–Crippen LogP) is 3.31. The van der Waals surface area contributed by atoms with Crippen LogP contribution in [0.15, 0.2) is 42.6 Å². The SMILES string of the molecule is CC(C)(C)n1c(-c2ccnc(CN)c2)nc2ccccc21. The molecule has 4 nitrogen and oxygen atoms in total.